The van der Waals surface area contributed by atoms with Gasteiger partial charge in [0.1, 0.15) is 0 Å². The summed E-state index contributed by atoms with van der Waals surface area (Å²) in [5.74, 6) is 0.0826. The van der Waals surface area contributed by atoms with Crippen LogP contribution >= 0.6 is 11.6 Å². The number of halogens is 1. The van der Waals surface area contributed by atoms with Gasteiger partial charge in [-0.1, -0.05) is 0 Å². The Kier molecular flexibility index (Phi) is 2.57. The Balaban J connectivity index is 2.30. The van der Waals surface area contributed by atoms with Crippen LogP contribution in [-0.2, 0) is 4.79 Å². The van der Waals surface area contributed by atoms with Gasteiger partial charge in [-0.2, -0.15) is 0 Å². The molecule has 0 saturated carbocycles. The number of hydrogen-bond acceptors (Lipinski definition) is 2. The summed E-state index contributed by atoms with van der Waals surface area (Å²) >= 11 is 5.94. The number of amides is 1. The van der Waals surface area contributed by atoms with Crippen molar-refractivity contribution in [1.29, 1.82) is 0 Å². The first-order valence-electron chi connectivity index (χ1n) is 4.88. The highest BCUT2D eigenvalue weighted by molar-refractivity contribution is 6.24. The highest BCUT2D eigenvalue weighted by Gasteiger charge is 2.29. The molecular weight excluding hydrogens is 212 g/mol. The molecule has 2 rings (SSSR count). The lowest BCUT2D eigenvalue weighted by molar-refractivity contribution is -0.117. The van der Waals surface area contributed by atoms with E-state index in [1.807, 2.05) is 25.1 Å². The number of benzene rings is 1. The van der Waals surface area contributed by atoms with Crippen molar-refractivity contribution in [3.8, 4) is 0 Å². The summed E-state index contributed by atoms with van der Waals surface area (Å²) in [6, 6.07) is 5.59. The van der Waals surface area contributed by atoms with Gasteiger partial charge in [-0.05, 0) is 30.7 Å². The Hall–Kier alpha value is -1.22. The van der Waals surface area contributed by atoms with Crippen molar-refractivity contribution in [2.45, 2.75) is 18.7 Å². The van der Waals surface area contributed by atoms with Crippen LogP contribution in [0.1, 0.15) is 12.0 Å². The monoisotopic (exact) mass is 224 g/mol. The van der Waals surface area contributed by atoms with E-state index in [1.165, 1.54) is 0 Å². The van der Waals surface area contributed by atoms with Crippen LogP contribution < -0.4 is 10.6 Å². The largest absolute Gasteiger partial charge is 0.399 e. The maximum atomic E-state index is 11.6. The number of carbonyl (C=O) groups is 1. The minimum Gasteiger partial charge on any atom is -0.399 e. The highest BCUT2D eigenvalue weighted by Crippen LogP contribution is 2.26. The number of nitrogen functional groups attached to an aromatic ring is 1. The normalized spacial score (nSPS) is 21.1. The van der Waals surface area contributed by atoms with Crippen LogP contribution in [0.15, 0.2) is 18.2 Å². The molecule has 3 nitrogen and oxygen atoms in total. The van der Waals surface area contributed by atoms with Crippen molar-refractivity contribution in [1.82, 2.24) is 0 Å². The number of anilines is 2. The molecule has 0 spiro atoms. The summed E-state index contributed by atoms with van der Waals surface area (Å²) in [5, 5.41) is -0.0737. The molecule has 15 heavy (non-hydrogen) atoms. The van der Waals surface area contributed by atoms with E-state index in [2.05, 4.69) is 0 Å². The van der Waals surface area contributed by atoms with E-state index in [1.54, 1.807) is 4.90 Å². The second-order valence-electron chi connectivity index (χ2n) is 3.85. The lowest BCUT2D eigenvalue weighted by Gasteiger charge is -2.16. The maximum absolute atomic E-state index is 11.6. The maximum Gasteiger partial charge on any atom is 0.228 e. The van der Waals surface area contributed by atoms with Gasteiger partial charge in [-0.15, -0.1) is 11.6 Å². The van der Waals surface area contributed by atoms with Crippen LogP contribution in [0, 0.1) is 6.92 Å². The quantitative estimate of drug-likeness (QED) is 0.585. The molecule has 1 saturated heterocycles. The molecular formula is C11H13ClN2O. The SMILES string of the molecule is Cc1cc(N2CC(Cl)CC2=O)ccc1N. The third-order valence-electron chi connectivity index (χ3n) is 2.64. The van der Waals surface area contributed by atoms with Gasteiger partial charge in [0.05, 0.1) is 5.38 Å². The third-order valence-corrected chi connectivity index (χ3v) is 2.94. The molecule has 2 N–H and O–H groups in total. The van der Waals surface area contributed by atoms with Gasteiger partial charge >= 0.3 is 0 Å². The Labute approximate surface area is 93.8 Å². The molecule has 80 valence electrons. The molecule has 1 aliphatic heterocycles. The zero-order chi connectivity index (χ0) is 11.0. The second-order valence-corrected chi connectivity index (χ2v) is 4.46. The molecule has 4 heteroatoms. The van der Waals surface area contributed by atoms with Gasteiger partial charge in [0, 0.05) is 24.3 Å². The predicted molar refractivity (Wildman–Crippen MR) is 62.2 cm³/mol. The summed E-state index contributed by atoms with van der Waals surface area (Å²) in [5.41, 5.74) is 8.33. The van der Waals surface area contributed by atoms with Crippen LogP contribution in [-0.4, -0.2) is 17.8 Å². The average molecular weight is 225 g/mol. The van der Waals surface area contributed by atoms with E-state index in [0.717, 1.165) is 16.9 Å². The Morgan fingerprint density at radius 1 is 1.53 bits per heavy atom. The number of rotatable bonds is 1. The molecule has 1 fully saturated rings. The van der Waals surface area contributed by atoms with Crippen molar-refractivity contribution in [2.24, 2.45) is 0 Å². The molecule has 0 aromatic heterocycles. The van der Waals surface area contributed by atoms with E-state index >= 15 is 0 Å². The molecule has 1 atom stereocenters. The van der Waals surface area contributed by atoms with Crippen LogP contribution in [0.3, 0.4) is 0 Å². The molecule has 1 amide bonds. The van der Waals surface area contributed by atoms with E-state index in [-0.39, 0.29) is 11.3 Å². The van der Waals surface area contributed by atoms with Crippen LogP contribution in [0.2, 0.25) is 0 Å². The van der Waals surface area contributed by atoms with E-state index < -0.39 is 0 Å². The zero-order valence-electron chi connectivity index (χ0n) is 8.53. The van der Waals surface area contributed by atoms with Gasteiger partial charge in [0.15, 0.2) is 0 Å². The number of alkyl halides is 1. The molecule has 0 aliphatic carbocycles. The van der Waals surface area contributed by atoms with Crippen LogP contribution in [0.4, 0.5) is 11.4 Å². The van der Waals surface area contributed by atoms with E-state index in [9.17, 15) is 4.79 Å². The number of nitrogens with zero attached hydrogens (tertiary/aromatic N) is 1. The molecule has 1 aliphatic rings. The summed E-state index contributed by atoms with van der Waals surface area (Å²) in [7, 11) is 0. The zero-order valence-corrected chi connectivity index (χ0v) is 9.29. The first-order chi connectivity index (χ1) is 7.08. The van der Waals surface area contributed by atoms with Gasteiger partial charge in [-0.25, -0.2) is 0 Å². The fourth-order valence-electron chi connectivity index (χ4n) is 1.74. The van der Waals surface area contributed by atoms with Crippen molar-refractivity contribution in [2.75, 3.05) is 17.2 Å². The predicted octanol–water partition coefficient (Wildman–Crippen LogP) is 1.92. The Morgan fingerprint density at radius 3 is 2.80 bits per heavy atom. The summed E-state index contributed by atoms with van der Waals surface area (Å²) in [6.07, 6.45) is 0.422. The van der Waals surface area contributed by atoms with Crippen LogP contribution in [0.25, 0.3) is 0 Å². The number of carbonyl (C=O) groups excluding carboxylic acids is 1. The third kappa shape index (κ3) is 1.92. The lowest BCUT2D eigenvalue weighted by Crippen LogP contribution is -2.24. The lowest BCUT2D eigenvalue weighted by atomic mass is 10.2. The highest BCUT2D eigenvalue weighted by atomic mass is 35.5. The second kappa shape index (κ2) is 3.74. The smallest absolute Gasteiger partial charge is 0.228 e. The topological polar surface area (TPSA) is 46.3 Å². The van der Waals surface area contributed by atoms with Crippen molar-refractivity contribution >= 4 is 28.9 Å². The van der Waals surface area contributed by atoms with Gasteiger partial charge < -0.3 is 10.6 Å². The first kappa shape index (κ1) is 10.3. The van der Waals surface area contributed by atoms with Gasteiger partial charge in [0.25, 0.3) is 0 Å². The average Bonchev–Trinajstić information content (AvgIpc) is 2.50. The van der Waals surface area contributed by atoms with Gasteiger partial charge in [0.2, 0.25) is 5.91 Å². The van der Waals surface area contributed by atoms with E-state index in [4.69, 9.17) is 17.3 Å². The van der Waals surface area contributed by atoms with Crippen molar-refractivity contribution in [3.63, 3.8) is 0 Å². The minimum absolute atomic E-state index is 0.0737. The standard InChI is InChI=1S/C11H13ClN2O/c1-7-4-9(2-3-10(7)13)14-6-8(12)5-11(14)15/h2-4,8H,5-6,13H2,1H3. The Morgan fingerprint density at radius 2 is 2.27 bits per heavy atom. The summed E-state index contributed by atoms with van der Waals surface area (Å²) in [6.45, 7) is 2.52. The molecule has 0 bridgehead atoms. The van der Waals surface area contributed by atoms with Crippen molar-refractivity contribution < 1.29 is 4.79 Å². The summed E-state index contributed by atoms with van der Waals surface area (Å²) in [4.78, 5) is 13.3. The molecule has 1 aromatic rings. The fourth-order valence-corrected chi connectivity index (χ4v) is 2.01. The number of aryl methyl sites for hydroxylation is 1. The first-order valence-corrected chi connectivity index (χ1v) is 5.32. The fraction of sp³-hybridized carbons (Fsp3) is 0.364. The number of nitrogens with two attached hydrogens (primary N) is 1. The van der Waals surface area contributed by atoms with Gasteiger partial charge in [-0.3, -0.25) is 4.79 Å². The molecule has 1 heterocycles. The molecule has 1 aromatic carbocycles. The minimum atomic E-state index is -0.0737. The van der Waals surface area contributed by atoms with E-state index in [0.29, 0.717) is 13.0 Å². The molecule has 0 radical (unpaired) electrons. The summed E-state index contributed by atoms with van der Waals surface area (Å²) < 4.78 is 0. The van der Waals surface area contributed by atoms with Crippen LogP contribution in [0.5, 0.6) is 0 Å². The number of hydrogen-bond donors (Lipinski definition) is 1. The molecule has 1 unspecified atom stereocenters. The Bertz CT molecular complexity index is 406. The van der Waals surface area contributed by atoms with Crippen molar-refractivity contribution in [3.05, 3.63) is 23.8 Å².